The van der Waals surface area contributed by atoms with E-state index in [0.29, 0.717) is 12.1 Å². The van der Waals surface area contributed by atoms with Crippen LogP contribution in [0.2, 0.25) is 0 Å². The third kappa shape index (κ3) is 3.55. The topological polar surface area (TPSA) is 98.3 Å². The van der Waals surface area contributed by atoms with Gasteiger partial charge in [-0.2, -0.15) is 0 Å². The van der Waals surface area contributed by atoms with Crippen molar-refractivity contribution in [3.63, 3.8) is 0 Å². The molecule has 9 nitrogen and oxygen atoms in total. The first-order valence-electron chi connectivity index (χ1n) is 9.95. The van der Waals surface area contributed by atoms with E-state index in [9.17, 15) is 24.0 Å². The Hall–Kier alpha value is -3.23. The van der Waals surface area contributed by atoms with E-state index < -0.39 is 23.4 Å². The number of hydrogen-bond donors (Lipinski definition) is 0. The maximum Gasteiger partial charge on any atom is 0.338 e. The van der Waals surface area contributed by atoms with E-state index in [1.165, 1.54) is 11.9 Å². The molecule has 1 aromatic rings. The van der Waals surface area contributed by atoms with E-state index in [1.807, 2.05) is 6.92 Å². The highest BCUT2D eigenvalue weighted by Crippen LogP contribution is 2.29. The van der Waals surface area contributed by atoms with Crippen LogP contribution >= 0.6 is 0 Å². The number of urea groups is 2. The van der Waals surface area contributed by atoms with Crippen LogP contribution < -0.4 is 4.90 Å². The number of amides is 7. The SMILES string of the molecule is CCCCN1C(=O)CC(=O)N(c2ccc(CN3C(=O)N(C)C(=O)C3(C)C)cc2)C1=O. The molecule has 160 valence electrons. The number of rotatable bonds is 6. The molecule has 0 saturated carbocycles. The second-order valence-electron chi connectivity index (χ2n) is 8.05. The summed E-state index contributed by atoms with van der Waals surface area (Å²) in [6.07, 6.45) is 1.15. The number of imide groups is 3. The van der Waals surface area contributed by atoms with Gasteiger partial charge < -0.3 is 4.90 Å². The molecular formula is C21H26N4O5. The van der Waals surface area contributed by atoms with Gasteiger partial charge in [0.25, 0.3) is 5.91 Å². The molecule has 7 amide bonds. The lowest BCUT2D eigenvalue weighted by atomic mass is 10.0. The van der Waals surface area contributed by atoms with Gasteiger partial charge >= 0.3 is 12.1 Å². The first kappa shape index (κ1) is 21.5. The highest BCUT2D eigenvalue weighted by molar-refractivity contribution is 6.26. The van der Waals surface area contributed by atoms with Gasteiger partial charge in [-0.1, -0.05) is 25.5 Å². The molecule has 0 N–H and O–H groups in total. The summed E-state index contributed by atoms with van der Waals surface area (Å²) in [5, 5.41) is 0. The fraction of sp³-hybridized carbons (Fsp3) is 0.476. The molecule has 2 saturated heterocycles. The van der Waals surface area contributed by atoms with Gasteiger partial charge in [-0.05, 0) is 38.0 Å². The lowest BCUT2D eigenvalue weighted by Crippen LogP contribution is -2.55. The van der Waals surface area contributed by atoms with E-state index in [4.69, 9.17) is 0 Å². The number of benzene rings is 1. The number of unbranched alkanes of at least 4 members (excludes halogenated alkanes) is 1. The number of hydrogen-bond acceptors (Lipinski definition) is 5. The van der Waals surface area contributed by atoms with E-state index in [1.54, 1.807) is 38.1 Å². The van der Waals surface area contributed by atoms with E-state index in [2.05, 4.69) is 0 Å². The normalized spacial score (nSPS) is 19.4. The zero-order valence-electron chi connectivity index (χ0n) is 17.7. The van der Waals surface area contributed by atoms with Crippen molar-refractivity contribution in [3.05, 3.63) is 29.8 Å². The van der Waals surface area contributed by atoms with Crippen molar-refractivity contribution >= 4 is 35.5 Å². The zero-order valence-corrected chi connectivity index (χ0v) is 17.7. The molecule has 3 rings (SSSR count). The highest BCUT2D eigenvalue weighted by Gasteiger charge is 2.49. The van der Waals surface area contributed by atoms with Gasteiger partial charge in [0.15, 0.2) is 0 Å². The van der Waals surface area contributed by atoms with Crippen molar-refractivity contribution in [1.82, 2.24) is 14.7 Å². The van der Waals surface area contributed by atoms with Gasteiger partial charge in [0, 0.05) is 20.1 Å². The molecule has 0 atom stereocenters. The molecule has 30 heavy (non-hydrogen) atoms. The van der Waals surface area contributed by atoms with Crippen molar-refractivity contribution in [2.24, 2.45) is 0 Å². The Bertz CT molecular complexity index is 908. The summed E-state index contributed by atoms with van der Waals surface area (Å²) < 4.78 is 0. The second-order valence-corrected chi connectivity index (χ2v) is 8.05. The molecule has 0 radical (unpaired) electrons. The minimum atomic E-state index is -0.955. The highest BCUT2D eigenvalue weighted by atomic mass is 16.2. The monoisotopic (exact) mass is 414 g/mol. The molecule has 0 bridgehead atoms. The molecule has 0 aromatic heterocycles. The lowest BCUT2D eigenvalue weighted by molar-refractivity contribution is -0.135. The van der Waals surface area contributed by atoms with Crippen LogP contribution in [0, 0.1) is 0 Å². The quantitative estimate of drug-likeness (QED) is 0.526. The molecular weight excluding hydrogens is 388 g/mol. The van der Waals surface area contributed by atoms with Crippen LogP contribution in [0.1, 0.15) is 45.6 Å². The summed E-state index contributed by atoms with van der Waals surface area (Å²) in [6.45, 7) is 5.84. The summed E-state index contributed by atoms with van der Waals surface area (Å²) in [5.74, 6) is -1.31. The Balaban J connectivity index is 1.79. The first-order chi connectivity index (χ1) is 14.1. The third-order valence-corrected chi connectivity index (χ3v) is 5.57. The van der Waals surface area contributed by atoms with Crippen molar-refractivity contribution in [2.45, 2.75) is 52.1 Å². The predicted molar refractivity (Wildman–Crippen MR) is 108 cm³/mol. The van der Waals surface area contributed by atoms with Crippen LogP contribution in [-0.4, -0.2) is 63.6 Å². The Morgan fingerprint density at radius 3 is 2.10 bits per heavy atom. The van der Waals surface area contributed by atoms with Crippen molar-refractivity contribution < 1.29 is 24.0 Å². The van der Waals surface area contributed by atoms with Gasteiger partial charge in [-0.25, -0.2) is 14.5 Å². The molecule has 0 spiro atoms. The van der Waals surface area contributed by atoms with Gasteiger partial charge in [-0.15, -0.1) is 0 Å². The summed E-state index contributed by atoms with van der Waals surface area (Å²) in [5.41, 5.74) is 0.158. The fourth-order valence-corrected chi connectivity index (χ4v) is 3.66. The van der Waals surface area contributed by atoms with Crippen LogP contribution in [-0.2, 0) is 20.9 Å². The zero-order chi connectivity index (χ0) is 22.2. The Kier molecular flexibility index (Phi) is 5.65. The number of carbonyl (C=O) groups excluding carboxylic acids is 5. The van der Waals surface area contributed by atoms with E-state index in [-0.39, 0.29) is 31.4 Å². The average molecular weight is 414 g/mol. The smallest absolute Gasteiger partial charge is 0.306 e. The molecule has 2 aliphatic heterocycles. The number of anilines is 1. The average Bonchev–Trinajstić information content (AvgIpc) is 2.83. The van der Waals surface area contributed by atoms with Gasteiger partial charge in [0.1, 0.15) is 12.0 Å². The largest absolute Gasteiger partial charge is 0.338 e. The summed E-state index contributed by atoms with van der Waals surface area (Å²) in [6, 6.07) is 5.61. The Labute approximate surface area is 175 Å². The fourth-order valence-electron chi connectivity index (χ4n) is 3.66. The van der Waals surface area contributed by atoms with Crippen LogP contribution in [0.3, 0.4) is 0 Å². The van der Waals surface area contributed by atoms with Crippen molar-refractivity contribution in [1.29, 1.82) is 0 Å². The maximum atomic E-state index is 12.7. The summed E-state index contributed by atoms with van der Waals surface area (Å²) in [7, 11) is 1.45. The third-order valence-electron chi connectivity index (χ3n) is 5.57. The van der Waals surface area contributed by atoms with Crippen LogP contribution in [0.15, 0.2) is 24.3 Å². The number of carbonyl (C=O) groups is 5. The van der Waals surface area contributed by atoms with Gasteiger partial charge in [-0.3, -0.25) is 24.2 Å². The summed E-state index contributed by atoms with van der Waals surface area (Å²) in [4.78, 5) is 66.5. The van der Waals surface area contributed by atoms with Gasteiger partial charge in [0.05, 0.1) is 5.69 Å². The standard InChI is InChI=1S/C21H26N4O5/c1-5-6-11-23-16(26)12-17(27)25(20(23)30)15-9-7-14(8-10-15)13-24-19(29)22(4)18(28)21(24,2)3/h7-10H,5-6,11-13H2,1-4H3. The van der Waals surface area contributed by atoms with Crippen molar-refractivity contribution in [3.8, 4) is 0 Å². The minimum Gasteiger partial charge on any atom is -0.306 e. The second kappa shape index (κ2) is 7.89. The van der Waals surface area contributed by atoms with Crippen LogP contribution in [0.5, 0.6) is 0 Å². The van der Waals surface area contributed by atoms with Gasteiger partial charge in [0.2, 0.25) is 11.8 Å². The molecule has 2 fully saturated rings. The minimum absolute atomic E-state index is 0.213. The van der Waals surface area contributed by atoms with Crippen molar-refractivity contribution in [2.75, 3.05) is 18.5 Å². The summed E-state index contributed by atoms with van der Waals surface area (Å²) >= 11 is 0. The molecule has 0 aliphatic carbocycles. The van der Waals surface area contributed by atoms with Crippen LogP contribution in [0.25, 0.3) is 0 Å². The Morgan fingerprint density at radius 2 is 1.57 bits per heavy atom. The molecule has 2 heterocycles. The lowest BCUT2D eigenvalue weighted by Gasteiger charge is -2.33. The van der Waals surface area contributed by atoms with E-state index in [0.717, 1.165) is 26.7 Å². The first-order valence-corrected chi connectivity index (χ1v) is 9.95. The maximum absolute atomic E-state index is 12.7. The molecule has 2 aliphatic rings. The van der Waals surface area contributed by atoms with Crippen LogP contribution in [0.4, 0.5) is 15.3 Å². The predicted octanol–water partition coefficient (Wildman–Crippen LogP) is 2.34. The molecule has 0 unspecified atom stereocenters. The number of likely N-dealkylation sites (N-methyl/N-ethyl adjacent to an activating group) is 1. The molecule has 9 heteroatoms. The molecule has 1 aromatic carbocycles. The number of nitrogens with zero attached hydrogens (tertiary/aromatic N) is 4. The number of barbiturate groups is 1. The van der Waals surface area contributed by atoms with E-state index >= 15 is 0 Å². The Morgan fingerprint density at radius 1 is 0.933 bits per heavy atom.